The van der Waals surface area contributed by atoms with E-state index >= 15 is 0 Å². The standard InChI is InChI=1S/C8H10BrNO4S2/c1-4-3-6(15-7(4)9)16(13,14)10-5(2)8(11)12/h3,5,10H,1-2H3,(H,11,12)/t5-/m1/s1. The summed E-state index contributed by atoms with van der Waals surface area (Å²) in [4.78, 5) is 10.5. The third-order valence-electron chi connectivity index (χ3n) is 1.80. The molecule has 1 heterocycles. The highest BCUT2D eigenvalue weighted by molar-refractivity contribution is 9.11. The SMILES string of the molecule is Cc1cc(S(=O)(=O)N[C@H](C)C(=O)O)sc1Br. The van der Waals surface area contributed by atoms with Gasteiger partial charge in [0, 0.05) is 0 Å². The lowest BCUT2D eigenvalue weighted by molar-refractivity contribution is -0.138. The predicted molar refractivity (Wildman–Crippen MR) is 64.2 cm³/mol. The maximum Gasteiger partial charge on any atom is 0.321 e. The Balaban J connectivity index is 2.99. The molecule has 0 bridgehead atoms. The Morgan fingerprint density at radius 2 is 2.19 bits per heavy atom. The number of sulfonamides is 1. The average molecular weight is 328 g/mol. The van der Waals surface area contributed by atoms with Gasteiger partial charge in [0.1, 0.15) is 10.3 Å². The Morgan fingerprint density at radius 1 is 1.62 bits per heavy atom. The third-order valence-corrected chi connectivity index (χ3v) is 5.95. The molecule has 8 heteroatoms. The van der Waals surface area contributed by atoms with Gasteiger partial charge in [-0.1, -0.05) is 0 Å². The first-order valence-electron chi connectivity index (χ1n) is 4.25. The zero-order chi connectivity index (χ0) is 12.5. The van der Waals surface area contributed by atoms with E-state index in [1.807, 2.05) is 0 Å². The second kappa shape index (κ2) is 4.82. The number of hydrogen-bond donors (Lipinski definition) is 2. The minimum absolute atomic E-state index is 0.102. The van der Waals surface area contributed by atoms with Gasteiger partial charge in [0.05, 0.1) is 3.79 Å². The van der Waals surface area contributed by atoms with Gasteiger partial charge in [-0.05, 0) is 41.4 Å². The Morgan fingerprint density at radius 3 is 2.56 bits per heavy atom. The summed E-state index contributed by atoms with van der Waals surface area (Å²) in [6, 6.07) is 0.345. The molecule has 0 radical (unpaired) electrons. The number of carbonyl (C=O) groups is 1. The summed E-state index contributed by atoms with van der Waals surface area (Å²) < 4.78 is 26.4. The summed E-state index contributed by atoms with van der Waals surface area (Å²) in [6.45, 7) is 3.04. The van der Waals surface area contributed by atoms with Crippen molar-refractivity contribution in [3.8, 4) is 0 Å². The number of thiophene rings is 1. The number of aryl methyl sites for hydroxylation is 1. The third kappa shape index (κ3) is 3.03. The Hall–Kier alpha value is -0.440. The van der Waals surface area contributed by atoms with Gasteiger partial charge >= 0.3 is 5.97 Å². The number of nitrogens with one attached hydrogen (secondary N) is 1. The van der Waals surface area contributed by atoms with Crippen LogP contribution in [0, 0.1) is 6.92 Å². The van der Waals surface area contributed by atoms with E-state index < -0.39 is 22.0 Å². The van der Waals surface area contributed by atoms with Crippen molar-refractivity contribution in [3.63, 3.8) is 0 Å². The van der Waals surface area contributed by atoms with E-state index in [1.54, 1.807) is 6.92 Å². The van der Waals surface area contributed by atoms with Gasteiger partial charge in [-0.3, -0.25) is 4.79 Å². The van der Waals surface area contributed by atoms with E-state index in [9.17, 15) is 13.2 Å². The Labute approximate surface area is 106 Å². The number of carboxylic acid groups (broad SMARTS) is 1. The van der Waals surface area contributed by atoms with Crippen LogP contribution in [0.3, 0.4) is 0 Å². The number of rotatable bonds is 4. The van der Waals surface area contributed by atoms with E-state index in [0.717, 1.165) is 20.7 Å². The zero-order valence-electron chi connectivity index (χ0n) is 8.52. The van der Waals surface area contributed by atoms with E-state index in [1.165, 1.54) is 13.0 Å². The van der Waals surface area contributed by atoms with Crippen LogP contribution < -0.4 is 4.72 Å². The van der Waals surface area contributed by atoms with Gasteiger partial charge in [-0.2, -0.15) is 4.72 Å². The molecule has 16 heavy (non-hydrogen) atoms. The van der Waals surface area contributed by atoms with Crippen molar-refractivity contribution in [3.05, 3.63) is 15.4 Å². The zero-order valence-corrected chi connectivity index (χ0v) is 11.7. The molecule has 1 aromatic heterocycles. The highest BCUT2D eigenvalue weighted by Gasteiger charge is 2.23. The van der Waals surface area contributed by atoms with Crippen LogP contribution in [0.4, 0.5) is 0 Å². The molecule has 0 aliphatic rings. The molecule has 1 atom stereocenters. The normalized spacial score (nSPS) is 13.7. The smallest absolute Gasteiger partial charge is 0.321 e. The van der Waals surface area contributed by atoms with E-state index in [-0.39, 0.29) is 4.21 Å². The fourth-order valence-corrected chi connectivity index (χ4v) is 4.34. The second-order valence-electron chi connectivity index (χ2n) is 3.20. The van der Waals surface area contributed by atoms with Crippen molar-refractivity contribution in [2.75, 3.05) is 0 Å². The van der Waals surface area contributed by atoms with Crippen LogP contribution in [0.2, 0.25) is 0 Å². The number of halogens is 1. The van der Waals surface area contributed by atoms with Crippen molar-refractivity contribution >= 4 is 43.3 Å². The molecule has 0 aliphatic carbocycles. The maximum absolute atomic E-state index is 11.7. The van der Waals surface area contributed by atoms with Crippen molar-refractivity contribution < 1.29 is 18.3 Å². The summed E-state index contributed by atoms with van der Waals surface area (Å²) in [6.07, 6.45) is 0. The fraction of sp³-hybridized carbons (Fsp3) is 0.375. The van der Waals surface area contributed by atoms with Crippen LogP contribution in [0.1, 0.15) is 12.5 Å². The first-order valence-corrected chi connectivity index (χ1v) is 7.34. The first kappa shape index (κ1) is 13.6. The molecule has 0 spiro atoms. The fourth-order valence-electron chi connectivity index (χ4n) is 0.905. The molecule has 2 N–H and O–H groups in total. The quantitative estimate of drug-likeness (QED) is 0.879. The van der Waals surface area contributed by atoms with Gasteiger partial charge in [0.15, 0.2) is 0 Å². The topological polar surface area (TPSA) is 83.5 Å². The van der Waals surface area contributed by atoms with Crippen LogP contribution in [-0.4, -0.2) is 25.5 Å². The van der Waals surface area contributed by atoms with Gasteiger partial charge in [0.2, 0.25) is 0 Å². The van der Waals surface area contributed by atoms with Crippen LogP contribution in [-0.2, 0) is 14.8 Å². The van der Waals surface area contributed by atoms with Crippen molar-refractivity contribution in [1.29, 1.82) is 0 Å². The number of carboxylic acids is 1. The van der Waals surface area contributed by atoms with E-state index in [4.69, 9.17) is 5.11 Å². The van der Waals surface area contributed by atoms with E-state index in [2.05, 4.69) is 20.7 Å². The lowest BCUT2D eigenvalue weighted by Crippen LogP contribution is -2.37. The molecule has 0 fully saturated rings. The minimum atomic E-state index is -3.75. The molecule has 0 aromatic carbocycles. The van der Waals surface area contributed by atoms with Crippen molar-refractivity contribution in [1.82, 2.24) is 4.72 Å². The predicted octanol–water partition coefficient (Wildman–Crippen LogP) is 1.57. The van der Waals surface area contributed by atoms with Crippen LogP contribution in [0.5, 0.6) is 0 Å². The largest absolute Gasteiger partial charge is 0.480 e. The summed E-state index contributed by atoms with van der Waals surface area (Å²) >= 11 is 4.26. The molecule has 0 unspecified atom stereocenters. The monoisotopic (exact) mass is 327 g/mol. The molecule has 0 saturated heterocycles. The van der Waals surface area contributed by atoms with Crippen LogP contribution in [0.15, 0.2) is 14.1 Å². The number of hydrogen-bond acceptors (Lipinski definition) is 4. The molecule has 1 aromatic rings. The summed E-state index contributed by atoms with van der Waals surface area (Å²) in [7, 11) is -3.75. The highest BCUT2D eigenvalue weighted by atomic mass is 79.9. The summed E-state index contributed by atoms with van der Waals surface area (Å²) in [5, 5.41) is 8.62. The second-order valence-corrected chi connectivity index (χ2v) is 7.51. The average Bonchev–Trinajstić information content (AvgIpc) is 2.47. The van der Waals surface area contributed by atoms with Crippen LogP contribution in [0.25, 0.3) is 0 Å². The van der Waals surface area contributed by atoms with Crippen molar-refractivity contribution in [2.24, 2.45) is 0 Å². The van der Waals surface area contributed by atoms with Gasteiger partial charge in [-0.25, -0.2) is 8.42 Å². The summed E-state index contributed by atoms with van der Waals surface area (Å²) in [5.74, 6) is -1.21. The Kier molecular flexibility index (Phi) is 4.11. The minimum Gasteiger partial charge on any atom is -0.480 e. The lowest BCUT2D eigenvalue weighted by atomic mass is 10.4. The Bertz CT molecular complexity index is 489. The van der Waals surface area contributed by atoms with Gasteiger partial charge in [-0.15, -0.1) is 11.3 Å². The van der Waals surface area contributed by atoms with Crippen molar-refractivity contribution in [2.45, 2.75) is 24.1 Å². The molecular formula is C8H10BrNO4S2. The molecule has 0 amide bonds. The van der Waals surface area contributed by atoms with Gasteiger partial charge in [0.25, 0.3) is 10.0 Å². The maximum atomic E-state index is 11.7. The summed E-state index contributed by atoms with van der Waals surface area (Å²) in [5.41, 5.74) is 0.799. The highest BCUT2D eigenvalue weighted by Crippen LogP contribution is 2.30. The number of aliphatic carboxylic acids is 1. The molecular weight excluding hydrogens is 318 g/mol. The lowest BCUT2D eigenvalue weighted by Gasteiger charge is -2.07. The molecule has 0 aliphatic heterocycles. The molecule has 1 rings (SSSR count). The first-order chi connectivity index (χ1) is 7.24. The van der Waals surface area contributed by atoms with E-state index in [0.29, 0.717) is 0 Å². The van der Waals surface area contributed by atoms with Gasteiger partial charge < -0.3 is 5.11 Å². The molecule has 90 valence electrons. The molecule has 5 nitrogen and oxygen atoms in total. The molecule has 0 saturated carbocycles. The van der Waals surface area contributed by atoms with Crippen LogP contribution >= 0.6 is 27.3 Å².